The predicted molar refractivity (Wildman–Crippen MR) is 53.5 cm³/mol. The second-order valence-electron chi connectivity index (χ2n) is 2.91. The second-order valence-corrected chi connectivity index (χ2v) is 2.91. The standard InChI is InChI=1S/C8H9N3O5/c9-10-6-3-4(11(15)16)1-2-5(6)7(12)8(13)14/h1-3,7,10,12H,9H2,(H,13,14). The number of aliphatic carboxylic acids is 1. The van der Waals surface area contributed by atoms with Crippen molar-refractivity contribution in [1.82, 2.24) is 0 Å². The maximum Gasteiger partial charge on any atom is 0.337 e. The summed E-state index contributed by atoms with van der Waals surface area (Å²) < 4.78 is 0. The molecule has 1 unspecified atom stereocenters. The number of non-ortho nitro benzene ring substituents is 1. The number of nitrogens with one attached hydrogen (secondary N) is 1. The Balaban J connectivity index is 3.21. The van der Waals surface area contributed by atoms with Gasteiger partial charge in [-0.15, -0.1) is 0 Å². The number of carboxylic acids is 1. The third-order valence-corrected chi connectivity index (χ3v) is 1.93. The van der Waals surface area contributed by atoms with Gasteiger partial charge in [-0.1, -0.05) is 0 Å². The van der Waals surface area contributed by atoms with Crippen molar-refractivity contribution in [1.29, 1.82) is 0 Å². The first-order valence-electron chi connectivity index (χ1n) is 4.13. The van der Waals surface area contributed by atoms with Crippen LogP contribution in [0.4, 0.5) is 11.4 Å². The zero-order valence-corrected chi connectivity index (χ0v) is 7.95. The lowest BCUT2D eigenvalue weighted by Gasteiger charge is -2.11. The van der Waals surface area contributed by atoms with E-state index in [2.05, 4.69) is 5.43 Å². The summed E-state index contributed by atoms with van der Waals surface area (Å²) in [5, 5.41) is 28.3. The van der Waals surface area contributed by atoms with Gasteiger partial charge in [0.2, 0.25) is 0 Å². The fourth-order valence-corrected chi connectivity index (χ4v) is 1.15. The van der Waals surface area contributed by atoms with Crippen molar-refractivity contribution in [2.45, 2.75) is 6.10 Å². The lowest BCUT2D eigenvalue weighted by Crippen LogP contribution is -2.16. The first kappa shape index (κ1) is 11.9. The average molecular weight is 227 g/mol. The highest BCUT2D eigenvalue weighted by Gasteiger charge is 2.21. The SMILES string of the molecule is NNc1cc([N+](=O)[O-])ccc1C(O)C(=O)O. The summed E-state index contributed by atoms with van der Waals surface area (Å²) in [6, 6.07) is 3.26. The van der Waals surface area contributed by atoms with Crippen molar-refractivity contribution in [3.8, 4) is 0 Å². The minimum absolute atomic E-state index is 0.0101. The summed E-state index contributed by atoms with van der Waals surface area (Å²) in [5.41, 5.74) is 1.79. The smallest absolute Gasteiger partial charge is 0.337 e. The number of nitrogen functional groups attached to an aromatic ring is 1. The normalized spacial score (nSPS) is 11.9. The predicted octanol–water partition coefficient (Wildman–Crippen LogP) is -0.00160. The zero-order valence-electron chi connectivity index (χ0n) is 7.95. The molecule has 0 aliphatic carbocycles. The van der Waals surface area contributed by atoms with Crippen molar-refractivity contribution < 1.29 is 19.9 Å². The third-order valence-electron chi connectivity index (χ3n) is 1.93. The Morgan fingerprint density at radius 1 is 1.56 bits per heavy atom. The van der Waals surface area contributed by atoms with E-state index in [0.717, 1.165) is 18.2 Å². The first-order chi connectivity index (χ1) is 7.47. The molecule has 0 saturated heterocycles. The molecule has 0 amide bonds. The molecule has 1 aromatic rings. The fourth-order valence-electron chi connectivity index (χ4n) is 1.15. The van der Waals surface area contributed by atoms with E-state index in [1.807, 2.05) is 0 Å². The maximum absolute atomic E-state index is 10.5. The van der Waals surface area contributed by atoms with E-state index in [9.17, 15) is 20.0 Å². The Morgan fingerprint density at radius 2 is 2.19 bits per heavy atom. The number of carbonyl (C=O) groups is 1. The van der Waals surface area contributed by atoms with Crippen LogP contribution in [0.1, 0.15) is 11.7 Å². The molecule has 0 fully saturated rings. The molecular weight excluding hydrogens is 218 g/mol. The molecule has 5 N–H and O–H groups in total. The number of carboxylic acid groups (broad SMARTS) is 1. The molecule has 0 aliphatic heterocycles. The van der Waals surface area contributed by atoms with Gasteiger partial charge >= 0.3 is 5.97 Å². The largest absolute Gasteiger partial charge is 0.479 e. The van der Waals surface area contributed by atoms with Gasteiger partial charge in [0, 0.05) is 17.7 Å². The van der Waals surface area contributed by atoms with Gasteiger partial charge in [0.05, 0.1) is 10.6 Å². The molecular formula is C8H9N3O5. The number of nitrogens with zero attached hydrogens (tertiary/aromatic N) is 1. The number of hydrogen-bond donors (Lipinski definition) is 4. The Bertz CT molecular complexity index is 434. The number of nitro benzene ring substituents is 1. The molecule has 1 rings (SSSR count). The Hall–Kier alpha value is -2.19. The maximum atomic E-state index is 10.5. The number of rotatable bonds is 4. The van der Waals surface area contributed by atoms with Gasteiger partial charge < -0.3 is 15.6 Å². The highest BCUT2D eigenvalue weighted by Crippen LogP contribution is 2.26. The molecule has 0 saturated carbocycles. The summed E-state index contributed by atoms with van der Waals surface area (Å²) in [5.74, 6) is 3.61. The minimum Gasteiger partial charge on any atom is -0.479 e. The van der Waals surface area contributed by atoms with E-state index in [4.69, 9.17) is 10.9 Å². The van der Waals surface area contributed by atoms with Gasteiger partial charge in [-0.2, -0.15) is 0 Å². The van der Waals surface area contributed by atoms with Crippen LogP contribution in [0.15, 0.2) is 18.2 Å². The van der Waals surface area contributed by atoms with Crippen LogP contribution in [0, 0.1) is 10.1 Å². The van der Waals surface area contributed by atoms with Gasteiger partial charge in [-0.05, 0) is 6.07 Å². The van der Waals surface area contributed by atoms with Crippen LogP contribution >= 0.6 is 0 Å². The monoisotopic (exact) mass is 227 g/mol. The van der Waals surface area contributed by atoms with Crippen LogP contribution in [-0.2, 0) is 4.79 Å². The number of aliphatic hydroxyl groups is 1. The van der Waals surface area contributed by atoms with Crippen LogP contribution in [0.2, 0.25) is 0 Å². The lowest BCUT2D eigenvalue weighted by atomic mass is 10.1. The highest BCUT2D eigenvalue weighted by molar-refractivity contribution is 5.77. The van der Waals surface area contributed by atoms with E-state index in [0.29, 0.717) is 0 Å². The number of hydrogen-bond acceptors (Lipinski definition) is 6. The van der Waals surface area contributed by atoms with Gasteiger partial charge in [-0.25, -0.2) is 4.79 Å². The molecule has 8 heteroatoms. The quantitative estimate of drug-likeness (QED) is 0.322. The number of hydrazine groups is 1. The molecule has 0 aromatic heterocycles. The summed E-state index contributed by atoms with van der Waals surface area (Å²) in [6.45, 7) is 0. The zero-order chi connectivity index (χ0) is 12.3. The van der Waals surface area contributed by atoms with E-state index in [-0.39, 0.29) is 16.9 Å². The summed E-state index contributed by atoms with van der Waals surface area (Å²) in [7, 11) is 0. The van der Waals surface area contributed by atoms with E-state index in [1.165, 1.54) is 0 Å². The molecule has 0 radical (unpaired) electrons. The van der Waals surface area contributed by atoms with E-state index < -0.39 is 17.0 Å². The minimum atomic E-state index is -1.79. The summed E-state index contributed by atoms with van der Waals surface area (Å²) in [6.07, 6.45) is -1.79. The topological polar surface area (TPSA) is 139 Å². The molecule has 1 aromatic carbocycles. The molecule has 8 nitrogen and oxygen atoms in total. The number of aliphatic hydroxyl groups excluding tert-OH is 1. The molecule has 16 heavy (non-hydrogen) atoms. The summed E-state index contributed by atoms with van der Waals surface area (Å²) >= 11 is 0. The number of nitro groups is 1. The number of benzene rings is 1. The number of nitrogens with two attached hydrogens (primary N) is 1. The van der Waals surface area contributed by atoms with Crippen LogP contribution in [0.3, 0.4) is 0 Å². The van der Waals surface area contributed by atoms with Crippen LogP contribution in [0.25, 0.3) is 0 Å². The molecule has 0 spiro atoms. The van der Waals surface area contributed by atoms with Crippen molar-refractivity contribution in [3.05, 3.63) is 33.9 Å². The van der Waals surface area contributed by atoms with Crippen molar-refractivity contribution in [2.75, 3.05) is 5.43 Å². The molecule has 0 heterocycles. The second kappa shape index (κ2) is 4.55. The van der Waals surface area contributed by atoms with E-state index >= 15 is 0 Å². The van der Waals surface area contributed by atoms with E-state index in [1.54, 1.807) is 0 Å². The van der Waals surface area contributed by atoms with Crippen molar-refractivity contribution in [2.24, 2.45) is 5.84 Å². The number of anilines is 1. The molecule has 0 aliphatic rings. The first-order valence-corrected chi connectivity index (χ1v) is 4.13. The summed E-state index contributed by atoms with van der Waals surface area (Å²) in [4.78, 5) is 20.3. The van der Waals surface area contributed by atoms with Gasteiger partial charge in [0.1, 0.15) is 0 Å². The fraction of sp³-hybridized carbons (Fsp3) is 0.125. The Labute approximate surface area is 89.4 Å². The lowest BCUT2D eigenvalue weighted by molar-refractivity contribution is -0.384. The van der Waals surface area contributed by atoms with Gasteiger partial charge in [0.15, 0.2) is 6.10 Å². The van der Waals surface area contributed by atoms with Crippen LogP contribution in [0.5, 0.6) is 0 Å². The van der Waals surface area contributed by atoms with Crippen LogP contribution < -0.4 is 11.3 Å². The van der Waals surface area contributed by atoms with Crippen LogP contribution in [-0.4, -0.2) is 21.1 Å². The Morgan fingerprint density at radius 3 is 2.62 bits per heavy atom. The molecule has 1 atom stereocenters. The third kappa shape index (κ3) is 2.24. The Kier molecular flexibility index (Phi) is 3.38. The average Bonchev–Trinajstić information content (AvgIpc) is 2.26. The molecule has 0 bridgehead atoms. The molecule has 86 valence electrons. The highest BCUT2D eigenvalue weighted by atomic mass is 16.6. The van der Waals surface area contributed by atoms with Crippen molar-refractivity contribution >= 4 is 17.3 Å². The van der Waals surface area contributed by atoms with Gasteiger partial charge in [-0.3, -0.25) is 16.0 Å². The van der Waals surface area contributed by atoms with Gasteiger partial charge in [0.25, 0.3) is 5.69 Å². The van der Waals surface area contributed by atoms with Crippen molar-refractivity contribution in [3.63, 3.8) is 0 Å².